The van der Waals surface area contributed by atoms with Gasteiger partial charge in [0.15, 0.2) is 0 Å². The van der Waals surface area contributed by atoms with Crippen molar-refractivity contribution >= 4 is 11.9 Å². The largest absolute Gasteiger partial charge is 2.00 e. The summed E-state index contributed by atoms with van der Waals surface area (Å²) in [6, 6.07) is 8.64. The van der Waals surface area contributed by atoms with Crippen LogP contribution in [0.4, 0.5) is 0 Å². The van der Waals surface area contributed by atoms with Gasteiger partial charge >= 0.3 is 29.0 Å². The van der Waals surface area contributed by atoms with Gasteiger partial charge in [-0.15, -0.1) is 0 Å². The van der Waals surface area contributed by atoms with Crippen LogP contribution in [0.25, 0.3) is 0 Å². The average molecular weight is 518 g/mol. The molecule has 10 nitrogen and oxygen atoms in total. The third-order valence-electron chi connectivity index (χ3n) is 5.22. The predicted molar refractivity (Wildman–Crippen MR) is 119 cm³/mol. The number of aryl methyl sites for hydroxylation is 1. The fourth-order valence-corrected chi connectivity index (χ4v) is 3.62. The van der Waals surface area contributed by atoms with Crippen molar-refractivity contribution in [1.82, 2.24) is 9.80 Å². The summed E-state index contributed by atoms with van der Waals surface area (Å²) in [6.07, 6.45) is 0. The van der Waals surface area contributed by atoms with Crippen molar-refractivity contribution in [2.75, 3.05) is 26.2 Å². The number of aromatic hydroxyl groups is 2. The molecule has 0 aliphatic heterocycles. The van der Waals surface area contributed by atoms with E-state index in [1.54, 1.807) is 18.2 Å². The fraction of sp³-hybridized carbons (Fsp3) is 0.391. The number of hydrogen-bond donors (Lipinski definition) is 6. The summed E-state index contributed by atoms with van der Waals surface area (Å²) in [7, 11) is 0. The summed E-state index contributed by atoms with van der Waals surface area (Å²) >= 11 is 0. The third-order valence-corrected chi connectivity index (χ3v) is 5.22. The Labute approximate surface area is 208 Å². The van der Waals surface area contributed by atoms with Crippen LogP contribution in [0.15, 0.2) is 36.4 Å². The molecule has 186 valence electrons. The smallest absolute Gasteiger partial charge is 0.508 e. The topological polar surface area (TPSA) is 162 Å². The van der Waals surface area contributed by atoms with E-state index in [-0.39, 0.29) is 54.8 Å². The molecular formula is C23H30FeN2O8+2. The van der Waals surface area contributed by atoms with Crippen LogP contribution >= 0.6 is 0 Å². The Bertz CT molecular complexity index is 972. The molecule has 1 unspecified atom stereocenters. The van der Waals surface area contributed by atoms with Gasteiger partial charge in [-0.05, 0) is 30.7 Å². The summed E-state index contributed by atoms with van der Waals surface area (Å²) in [5, 5.41) is 58.5. The molecule has 0 bridgehead atoms. The Morgan fingerprint density at radius 2 is 1.47 bits per heavy atom. The molecule has 0 spiro atoms. The number of hydrogen-bond acceptors (Lipinski definition) is 8. The molecule has 0 aliphatic rings. The number of aliphatic hydroxyl groups is 2. The summed E-state index contributed by atoms with van der Waals surface area (Å²) in [6.45, 7) is 0.259. The first-order valence-corrected chi connectivity index (χ1v) is 10.3. The van der Waals surface area contributed by atoms with Crippen LogP contribution in [-0.4, -0.2) is 84.7 Å². The van der Waals surface area contributed by atoms with Gasteiger partial charge in [0.2, 0.25) is 0 Å². The van der Waals surface area contributed by atoms with Gasteiger partial charge in [-0.1, -0.05) is 23.8 Å². The molecule has 2 rings (SSSR count). The van der Waals surface area contributed by atoms with E-state index >= 15 is 0 Å². The number of rotatable bonds is 13. The average Bonchev–Trinajstić information content (AvgIpc) is 2.74. The van der Waals surface area contributed by atoms with Gasteiger partial charge < -0.3 is 30.6 Å². The van der Waals surface area contributed by atoms with Crippen molar-refractivity contribution in [3.8, 4) is 11.5 Å². The SMILES string of the molecule is Cc1ccc(O)c(CN(CC(=O)O)CC(CO)N(CC(=O)O)Cc2cc(CO)ccc2O)c1.[Fe+2]. The van der Waals surface area contributed by atoms with E-state index in [4.69, 9.17) is 0 Å². The molecule has 11 heteroatoms. The number of carboxylic acids is 2. The number of carbonyl (C=O) groups is 2. The minimum atomic E-state index is -1.16. The zero-order chi connectivity index (χ0) is 24.5. The van der Waals surface area contributed by atoms with Gasteiger partial charge in [-0.25, -0.2) is 0 Å². The Balaban J connectivity index is 0.00000578. The van der Waals surface area contributed by atoms with Crippen LogP contribution < -0.4 is 0 Å². The fourth-order valence-electron chi connectivity index (χ4n) is 3.62. The minimum absolute atomic E-state index is 0. The maximum atomic E-state index is 11.5. The molecule has 0 aliphatic carbocycles. The van der Waals surface area contributed by atoms with Crippen LogP contribution in [0.5, 0.6) is 11.5 Å². The van der Waals surface area contributed by atoms with Crippen molar-refractivity contribution in [2.24, 2.45) is 0 Å². The van der Waals surface area contributed by atoms with Crippen molar-refractivity contribution in [1.29, 1.82) is 0 Å². The van der Waals surface area contributed by atoms with Gasteiger partial charge in [0, 0.05) is 36.8 Å². The second-order valence-corrected chi connectivity index (χ2v) is 7.95. The first kappa shape index (κ1) is 29.4. The van der Waals surface area contributed by atoms with Crippen LogP contribution in [0.2, 0.25) is 0 Å². The quantitative estimate of drug-likeness (QED) is 0.209. The molecule has 0 aromatic heterocycles. The molecule has 0 saturated carbocycles. The Morgan fingerprint density at radius 3 is 2.03 bits per heavy atom. The second-order valence-electron chi connectivity index (χ2n) is 7.95. The van der Waals surface area contributed by atoms with Crippen molar-refractivity contribution < 1.29 is 57.3 Å². The monoisotopic (exact) mass is 518 g/mol. The van der Waals surface area contributed by atoms with Gasteiger partial charge in [0.1, 0.15) is 11.5 Å². The van der Waals surface area contributed by atoms with E-state index in [9.17, 15) is 40.2 Å². The van der Waals surface area contributed by atoms with Crippen molar-refractivity contribution in [3.05, 3.63) is 58.7 Å². The normalized spacial score (nSPS) is 11.9. The van der Waals surface area contributed by atoms with Crippen LogP contribution in [0.1, 0.15) is 22.3 Å². The first-order chi connectivity index (χ1) is 15.6. The third kappa shape index (κ3) is 8.94. The minimum Gasteiger partial charge on any atom is -0.508 e. The Morgan fingerprint density at radius 1 is 0.882 bits per heavy atom. The summed E-state index contributed by atoms with van der Waals surface area (Å²) in [5.74, 6) is -2.36. The number of aliphatic carboxylic acids is 2. The standard InChI is InChI=1S/C23H30N2O8.Fe/c1-15-2-4-20(28)17(6-15)8-24(11-22(30)31)10-19(14-27)25(12-23(32)33)9-18-7-16(13-26)3-5-21(18)29;/h2-7,19,26-29H,8-14H2,1H3,(H,30,31)(H,32,33);/q;+2. The van der Waals surface area contributed by atoms with E-state index in [1.807, 2.05) is 6.92 Å². The molecule has 6 N–H and O–H groups in total. The molecule has 0 amide bonds. The molecule has 0 radical (unpaired) electrons. The maximum Gasteiger partial charge on any atom is 2.00 e. The molecule has 0 fully saturated rings. The molecular weight excluding hydrogens is 488 g/mol. The molecule has 2 aromatic rings. The van der Waals surface area contributed by atoms with Gasteiger partial charge in [-0.2, -0.15) is 0 Å². The zero-order valence-electron chi connectivity index (χ0n) is 18.7. The first-order valence-electron chi connectivity index (χ1n) is 10.3. The van der Waals surface area contributed by atoms with E-state index in [0.29, 0.717) is 16.7 Å². The molecule has 1 atom stereocenters. The summed E-state index contributed by atoms with van der Waals surface area (Å²) in [5.41, 5.74) is 2.28. The number of phenols is 2. The maximum absolute atomic E-state index is 11.5. The molecule has 2 aromatic carbocycles. The Hall–Kier alpha value is -2.66. The number of phenolic OH excluding ortho intramolecular Hbond substituents is 2. The van der Waals surface area contributed by atoms with Crippen LogP contribution in [0.3, 0.4) is 0 Å². The van der Waals surface area contributed by atoms with Crippen LogP contribution in [0, 0.1) is 6.92 Å². The van der Waals surface area contributed by atoms with Crippen LogP contribution in [-0.2, 0) is 46.4 Å². The molecule has 0 heterocycles. The van der Waals surface area contributed by atoms with Crippen molar-refractivity contribution in [3.63, 3.8) is 0 Å². The van der Waals surface area contributed by atoms with Gasteiger partial charge in [0.05, 0.1) is 26.3 Å². The number of nitrogens with zero attached hydrogens (tertiary/aromatic N) is 2. The summed E-state index contributed by atoms with van der Waals surface area (Å²) in [4.78, 5) is 25.9. The number of carboxylic acid groups (broad SMARTS) is 2. The van der Waals surface area contributed by atoms with E-state index in [2.05, 4.69) is 0 Å². The number of benzene rings is 2. The van der Waals surface area contributed by atoms with E-state index in [0.717, 1.165) is 5.56 Å². The van der Waals surface area contributed by atoms with Gasteiger partial charge in [-0.3, -0.25) is 19.4 Å². The summed E-state index contributed by atoms with van der Waals surface area (Å²) < 4.78 is 0. The predicted octanol–water partition coefficient (Wildman–Crippen LogP) is 0.730. The van der Waals surface area contributed by atoms with Crippen molar-refractivity contribution in [2.45, 2.75) is 32.7 Å². The zero-order valence-corrected chi connectivity index (χ0v) is 19.8. The van der Waals surface area contributed by atoms with E-state index in [1.165, 1.54) is 28.0 Å². The van der Waals surface area contributed by atoms with E-state index < -0.39 is 37.7 Å². The van der Waals surface area contributed by atoms with Gasteiger partial charge in [0.25, 0.3) is 0 Å². The molecule has 0 saturated heterocycles. The number of aliphatic hydroxyl groups excluding tert-OH is 2. The molecule has 34 heavy (non-hydrogen) atoms. The second kappa shape index (κ2) is 13.9. The Kier molecular flexibility index (Phi) is 12.0.